The highest BCUT2D eigenvalue weighted by molar-refractivity contribution is 6.30. The molecule has 0 aromatic heterocycles. The molecule has 2 unspecified atom stereocenters. The number of hydrogen-bond acceptors (Lipinski definition) is 3. The maximum atomic E-state index is 5.95. The van der Waals surface area contributed by atoms with Crippen molar-refractivity contribution in [1.82, 2.24) is 4.90 Å². The lowest BCUT2D eigenvalue weighted by Gasteiger charge is -2.43. The van der Waals surface area contributed by atoms with Gasteiger partial charge in [0.25, 0.3) is 0 Å². The second-order valence-electron chi connectivity index (χ2n) is 4.97. The van der Waals surface area contributed by atoms with E-state index in [9.17, 15) is 0 Å². The van der Waals surface area contributed by atoms with E-state index in [1.165, 1.54) is 5.56 Å². The fraction of sp³-hybridized carbons (Fsp3) is 0.571. The molecule has 4 heteroatoms. The van der Waals surface area contributed by atoms with E-state index in [1.807, 2.05) is 12.1 Å². The first-order valence-corrected chi connectivity index (χ1v) is 6.84. The lowest BCUT2D eigenvalue weighted by Crippen LogP contribution is -2.50. The summed E-state index contributed by atoms with van der Waals surface area (Å²) in [4.78, 5) is 2.45. The van der Waals surface area contributed by atoms with Gasteiger partial charge >= 0.3 is 0 Å². The van der Waals surface area contributed by atoms with Crippen LogP contribution >= 0.6 is 11.6 Å². The number of hydrogen-bond donors (Lipinski definition) is 1. The zero-order chi connectivity index (χ0) is 13.1. The Hall–Kier alpha value is -0.610. The highest BCUT2D eigenvalue weighted by Crippen LogP contribution is 2.31. The Morgan fingerprint density at radius 3 is 2.61 bits per heavy atom. The van der Waals surface area contributed by atoms with Crippen LogP contribution in [0.4, 0.5) is 0 Å². The highest BCUT2D eigenvalue weighted by atomic mass is 35.5. The minimum atomic E-state index is 0.0577. The van der Waals surface area contributed by atoms with Gasteiger partial charge in [-0.15, -0.1) is 0 Å². The molecule has 1 fully saturated rings. The molecule has 1 aromatic rings. The zero-order valence-electron chi connectivity index (χ0n) is 11.0. The molecule has 2 N–H and O–H groups in total. The van der Waals surface area contributed by atoms with Crippen LogP contribution in [0.15, 0.2) is 24.3 Å². The molecule has 0 bridgehead atoms. The fourth-order valence-electron chi connectivity index (χ4n) is 2.60. The Morgan fingerprint density at radius 2 is 2.06 bits per heavy atom. The van der Waals surface area contributed by atoms with Gasteiger partial charge in [-0.3, -0.25) is 4.90 Å². The largest absolute Gasteiger partial charge is 0.374 e. The molecule has 3 nitrogen and oxygen atoms in total. The van der Waals surface area contributed by atoms with Crippen LogP contribution in [0.25, 0.3) is 0 Å². The molecule has 1 saturated heterocycles. The van der Waals surface area contributed by atoms with Crippen molar-refractivity contribution in [1.29, 1.82) is 0 Å². The van der Waals surface area contributed by atoms with E-state index in [2.05, 4.69) is 30.9 Å². The summed E-state index contributed by atoms with van der Waals surface area (Å²) >= 11 is 5.95. The number of ether oxygens (including phenoxy) is 1. The van der Waals surface area contributed by atoms with Crippen molar-refractivity contribution in [3.63, 3.8) is 0 Å². The van der Waals surface area contributed by atoms with Gasteiger partial charge < -0.3 is 10.5 Å². The Morgan fingerprint density at radius 1 is 1.39 bits per heavy atom. The quantitative estimate of drug-likeness (QED) is 0.915. The van der Waals surface area contributed by atoms with Crippen LogP contribution in [0, 0.1) is 0 Å². The third-order valence-corrected chi connectivity index (χ3v) is 3.75. The molecule has 0 radical (unpaired) electrons. The van der Waals surface area contributed by atoms with Crippen LogP contribution in [0.2, 0.25) is 5.02 Å². The summed E-state index contributed by atoms with van der Waals surface area (Å²) < 4.78 is 5.81. The Kier molecular flexibility index (Phi) is 4.62. The van der Waals surface area contributed by atoms with Gasteiger partial charge in [-0.25, -0.2) is 0 Å². The van der Waals surface area contributed by atoms with Crippen molar-refractivity contribution in [2.45, 2.75) is 32.0 Å². The Bertz CT molecular complexity index is 380. The number of nitrogens with two attached hydrogens (primary N) is 1. The van der Waals surface area contributed by atoms with Crippen LogP contribution < -0.4 is 5.73 Å². The van der Waals surface area contributed by atoms with Gasteiger partial charge in [-0.05, 0) is 31.5 Å². The molecule has 0 amide bonds. The van der Waals surface area contributed by atoms with Gasteiger partial charge in [-0.2, -0.15) is 0 Å². The molecule has 1 aliphatic heterocycles. The summed E-state index contributed by atoms with van der Waals surface area (Å²) in [6.45, 7) is 6.66. The van der Waals surface area contributed by atoms with Crippen LogP contribution in [0.3, 0.4) is 0 Å². The van der Waals surface area contributed by atoms with Crippen LogP contribution in [0.5, 0.6) is 0 Å². The topological polar surface area (TPSA) is 38.5 Å². The van der Waals surface area contributed by atoms with Crippen molar-refractivity contribution in [2.24, 2.45) is 5.73 Å². The molecule has 0 saturated carbocycles. The summed E-state index contributed by atoms with van der Waals surface area (Å²) in [5, 5.41) is 0.760. The molecule has 0 aliphatic carbocycles. The first-order valence-electron chi connectivity index (χ1n) is 6.46. The summed E-state index contributed by atoms with van der Waals surface area (Å²) in [5.41, 5.74) is 7.07. The summed E-state index contributed by atoms with van der Waals surface area (Å²) in [5.74, 6) is 0. The monoisotopic (exact) mass is 268 g/mol. The van der Waals surface area contributed by atoms with Gasteiger partial charge in [0.05, 0.1) is 18.8 Å². The zero-order valence-corrected chi connectivity index (χ0v) is 11.7. The fourth-order valence-corrected chi connectivity index (χ4v) is 2.72. The molecule has 0 spiro atoms. The molecule has 1 aromatic carbocycles. The average Bonchev–Trinajstić information content (AvgIpc) is 2.38. The molecule has 2 atom stereocenters. The van der Waals surface area contributed by atoms with E-state index >= 15 is 0 Å². The summed E-state index contributed by atoms with van der Waals surface area (Å²) in [6, 6.07) is 8.69. The van der Waals surface area contributed by atoms with Crippen LogP contribution in [-0.2, 0) is 4.74 Å². The van der Waals surface area contributed by atoms with Crippen molar-refractivity contribution in [3.05, 3.63) is 34.9 Å². The van der Waals surface area contributed by atoms with E-state index in [0.29, 0.717) is 12.6 Å². The predicted molar refractivity (Wildman–Crippen MR) is 74.8 cm³/mol. The minimum absolute atomic E-state index is 0.0577. The van der Waals surface area contributed by atoms with Gasteiger partial charge in [0, 0.05) is 24.2 Å². The second-order valence-corrected chi connectivity index (χ2v) is 5.41. The number of benzene rings is 1. The standard InChI is InChI=1S/C14H21ClN2O/c1-10(2)17-7-8-18-13(9-16)14(17)11-3-5-12(15)6-4-11/h3-6,10,13-14H,7-9,16H2,1-2H3. The number of rotatable bonds is 3. The molecule has 1 heterocycles. The van der Waals surface area contributed by atoms with E-state index in [0.717, 1.165) is 18.2 Å². The summed E-state index contributed by atoms with van der Waals surface area (Å²) in [6.07, 6.45) is 0.0577. The highest BCUT2D eigenvalue weighted by Gasteiger charge is 2.33. The first kappa shape index (κ1) is 13.8. The van der Waals surface area contributed by atoms with Crippen molar-refractivity contribution < 1.29 is 4.74 Å². The molecule has 1 aliphatic rings. The molecule has 18 heavy (non-hydrogen) atoms. The minimum Gasteiger partial charge on any atom is -0.374 e. The van der Waals surface area contributed by atoms with Crippen molar-refractivity contribution in [3.8, 4) is 0 Å². The number of morpholine rings is 1. The van der Waals surface area contributed by atoms with Crippen molar-refractivity contribution in [2.75, 3.05) is 19.7 Å². The number of nitrogens with zero attached hydrogens (tertiary/aromatic N) is 1. The average molecular weight is 269 g/mol. The Balaban J connectivity index is 2.30. The maximum Gasteiger partial charge on any atom is 0.0894 e. The van der Waals surface area contributed by atoms with Crippen LogP contribution in [-0.4, -0.2) is 36.7 Å². The predicted octanol–water partition coefficient (Wildman–Crippen LogP) is 2.45. The Labute approximate surface area is 114 Å². The molecule has 100 valence electrons. The van der Waals surface area contributed by atoms with Crippen LogP contribution in [0.1, 0.15) is 25.5 Å². The van der Waals surface area contributed by atoms with Gasteiger partial charge in [0.2, 0.25) is 0 Å². The van der Waals surface area contributed by atoms with Gasteiger partial charge in [0.1, 0.15) is 0 Å². The maximum absolute atomic E-state index is 5.95. The van der Waals surface area contributed by atoms with E-state index in [1.54, 1.807) is 0 Å². The SMILES string of the molecule is CC(C)N1CCOC(CN)C1c1ccc(Cl)cc1. The van der Waals surface area contributed by atoms with E-state index in [-0.39, 0.29) is 12.1 Å². The lowest BCUT2D eigenvalue weighted by molar-refractivity contribution is -0.0789. The third kappa shape index (κ3) is 2.86. The van der Waals surface area contributed by atoms with E-state index in [4.69, 9.17) is 22.1 Å². The van der Waals surface area contributed by atoms with Gasteiger partial charge in [0.15, 0.2) is 0 Å². The normalized spacial score (nSPS) is 25.6. The lowest BCUT2D eigenvalue weighted by atomic mass is 9.96. The first-order chi connectivity index (χ1) is 8.63. The van der Waals surface area contributed by atoms with Crippen molar-refractivity contribution >= 4 is 11.6 Å². The second kappa shape index (κ2) is 6.02. The molecular formula is C14H21ClN2O. The number of halogens is 1. The van der Waals surface area contributed by atoms with E-state index < -0.39 is 0 Å². The summed E-state index contributed by atoms with van der Waals surface area (Å²) in [7, 11) is 0. The third-order valence-electron chi connectivity index (χ3n) is 3.50. The van der Waals surface area contributed by atoms with Gasteiger partial charge in [-0.1, -0.05) is 23.7 Å². The smallest absolute Gasteiger partial charge is 0.0894 e. The molecular weight excluding hydrogens is 248 g/mol. The molecule has 2 rings (SSSR count).